The molecular weight excluding hydrogens is 278 g/mol. The van der Waals surface area contributed by atoms with Crippen LogP contribution in [0.1, 0.15) is 16.7 Å². The summed E-state index contributed by atoms with van der Waals surface area (Å²) in [4.78, 5) is 23.4. The van der Waals surface area contributed by atoms with Gasteiger partial charge in [0.25, 0.3) is 0 Å². The molecule has 0 aliphatic rings. The molecule has 0 fully saturated rings. The van der Waals surface area contributed by atoms with Crippen LogP contribution in [-0.4, -0.2) is 18.0 Å². The van der Waals surface area contributed by atoms with Gasteiger partial charge in [0.15, 0.2) is 0 Å². The molecule has 0 unspecified atom stereocenters. The largest absolute Gasteiger partial charge is 0.329 e. The van der Waals surface area contributed by atoms with Gasteiger partial charge in [-0.05, 0) is 42.7 Å². The molecule has 0 bridgehead atoms. The summed E-state index contributed by atoms with van der Waals surface area (Å²) in [5.74, 6) is -1.57. The van der Waals surface area contributed by atoms with E-state index < -0.39 is 11.8 Å². The Labute approximate surface area is 129 Å². The Morgan fingerprint density at radius 3 is 2.36 bits per heavy atom. The van der Waals surface area contributed by atoms with Gasteiger partial charge < -0.3 is 5.32 Å². The summed E-state index contributed by atoms with van der Waals surface area (Å²) in [5, 5.41) is 6.28. The number of nitrogens with zero attached hydrogens (tertiary/aromatic N) is 1. The molecule has 5 heteroatoms. The van der Waals surface area contributed by atoms with E-state index in [1.807, 2.05) is 56.3 Å². The number of benzene rings is 2. The van der Waals surface area contributed by atoms with Crippen molar-refractivity contribution >= 4 is 23.7 Å². The standard InChI is InChI=1S/C17H17N3O2/c1-12-8-9-15(10-13(12)2)19-16(21)17(22)20-18-11-14-6-4-3-5-7-14/h3-11H,1-2H3,(H,19,21)(H,20,22)/b18-11-. The summed E-state index contributed by atoms with van der Waals surface area (Å²) >= 11 is 0. The van der Waals surface area contributed by atoms with Gasteiger partial charge in [-0.2, -0.15) is 5.10 Å². The molecule has 22 heavy (non-hydrogen) atoms. The zero-order valence-electron chi connectivity index (χ0n) is 12.5. The molecule has 2 rings (SSSR count). The lowest BCUT2D eigenvalue weighted by atomic mass is 10.1. The molecule has 0 spiro atoms. The second-order valence-electron chi connectivity index (χ2n) is 4.86. The number of hydrazone groups is 1. The average molecular weight is 295 g/mol. The lowest BCUT2D eigenvalue weighted by molar-refractivity contribution is -0.136. The van der Waals surface area contributed by atoms with Crippen LogP contribution >= 0.6 is 0 Å². The Hall–Kier alpha value is -2.95. The highest BCUT2D eigenvalue weighted by atomic mass is 16.2. The van der Waals surface area contributed by atoms with Crippen molar-refractivity contribution in [3.63, 3.8) is 0 Å². The van der Waals surface area contributed by atoms with Gasteiger partial charge in [-0.15, -0.1) is 0 Å². The first-order chi connectivity index (χ1) is 10.6. The summed E-state index contributed by atoms with van der Waals surface area (Å²) in [5.41, 5.74) is 5.77. The lowest BCUT2D eigenvalue weighted by Crippen LogP contribution is -2.32. The van der Waals surface area contributed by atoms with Crippen molar-refractivity contribution in [2.24, 2.45) is 5.10 Å². The van der Waals surface area contributed by atoms with Crippen LogP contribution in [0.15, 0.2) is 53.6 Å². The van der Waals surface area contributed by atoms with Crippen molar-refractivity contribution in [2.45, 2.75) is 13.8 Å². The molecule has 2 aromatic carbocycles. The SMILES string of the molecule is Cc1ccc(NC(=O)C(=O)N/N=C\c2ccccc2)cc1C. The van der Waals surface area contributed by atoms with E-state index in [4.69, 9.17) is 0 Å². The maximum Gasteiger partial charge on any atom is 0.329 e. The van der Waals surface area contributed by atoms with Gasteiger partial charge in [-0.3, -0.25) is 9.59 Å². The average Bonchev–Trinajstić information content (AvgIpc) is 2.52. The van der Waals surface area contributed by atoms with E-state index in [2.05, 4.69) is 15.8 Å². The highest BCUT2D eigenvalue weighted by Gasteiger charge is 2.12. The highest BCUT2D eigenvalue weighted by Crippen LogP contribution is 2.13. The van der Waals surface area contributed by atoms with Crippen LogP contribution in [0.25, 0.3) is 0 Å². The van der Waals surface area contributed by atoms with Crippen molar-refractivity contribution in [3.8, 4) is 0 Å². The zero-order chi connectivity index (χ0) is 15.9. The number of hydrogen-bond donors (Lipinski definition) is 2. The molecule has 5 nitrogen and oxygen atoms in total. The number of rotatable bonds is 3. The van der Waals surface area contributed by atoms with Gasteiger partial charge in [0, 0.05) is 5.69 Å². The highest BCUT2D eigenvalue weighted by molar-refractivity contribution is 6.39. The summed E-state index contributed by atoms with van der Waals surface area (Å²) in [6, 6.07) is 14.7. The smallest absolute Gasteiger partial charge is 0.318 e. The Bertz CT molecular complexity index is 709. The van der Waals surface area contributed by atoms with Gasteiger partial charge in [0.1, 0.15) is 0 Å². The first-order valence-electron chi connectivity index (χ1n) is 6.83. The molecule has 0 aromatic heterocycles. The molecule has 0 saturated heterocycles. The maximum atomic E-state index is 11.8. The van der Waals surface area contributed by atoms with E-state index in [9.17, 15) is 9.59 Å². The van der Waals surface area contributed by atoms with Crippen LogP contribution in [0, 0.1) is 13.8 Å². The number of hydrogen-bond acceptors (Lipinski definition) is 3. The minimum atomic E-state index is -0.814. The van der Waals surface area contributed by atoms with Crippen LogP contribution < -0.4 is 10.7 Å². The van der Waals surface area contributed by atoms with Crippen LogP contribution in [0.4, 0.5) is 5.69 Å². The number of aryl methyl sites for hydroxylation is 2. The summed E-state index contributed by atoms with van der Waals surface area (Å²) in [6.45, 7) is 3.92. The first-order valence-corrected chi connectivity index (χ1v) is 6.83. The van der Waals surface area contributed by atoms with E-state index in [1.54, 1.807) is 6.07 Å². The molecule has 2 aromatic rings. The van der Waals surface area contributed by atoms with Crippen molar-refractivity contribution in [2.75, 3.05) is 5.32 Å². The molecule has 0 aliphatic heterocycles. The molecule has 0 heterocycles. The van der Waals surface area contributed by atoms with Crippen LogP contribution in [0.5, 0.6) is 0 Å². The fourth-order valence-electron chi connectivity index (χ4n) is 1.76. The third-order valence-corrected chi connectivity index (χ3v) is 3.15. The molecule has 2 N–H and O–H groups in total. The quantitative estimate of drug-likeness (QED) is 0.518. The predicted molar refractivity (Wildman–Crippen MR) is 86.7 cm³/mol. The summed E-state index contributed by atoms with van der Waals surface area (Å²) in [7, 11) is 0. The minimum Gasteiger partial charge on any atom is -0.318 e. The number of carbonyl (C=O) groups excluding carboxylic acids is 2. The van der Waals surface area contributed by atoms with Gasteiger partial charge >= 0.3 is 11.8 Å². The molecule has 0 saturated carbocycles. The topological polar surface area (TPSA) is 70.6 Å². The summed E-state index contributed by atoms with van der Waals surface area (Å²) in [6.07, 6.45) is 1.47. The second kappa shape index (κ2) is 7.17. The number of nitrogens with one attached hydrogen (secondary N) is 2. The van der Waals surface area contributed by atoms with Crippen molar-refractivity contribution < 1.29 is 9.59 Å². The maximum absolute atomic E-state index is 11.8. The van der Waals surface area contributed by atoms with Gasteiger partial charge in [0.2, 0.25) is 0 Å². The van der Waals surface area contributed by atoms with Gasteiger partial charge in [-0.25, -0.2) is 5.43 Å². The van der Waals surface area contributed by atoms with E-state index in [0.717, 1.165) is 16.7 Å². The Morgan fingerprint density at radius 2 is 1.68 bits per heavy atom. The number of anilines is 1. The van der Waals surface area contributed by atoms with E-state index in [1.165, 1.54) is 6.21 Å². The van der Waals surface area contributed by atoms with Crippen LogP contribution in [0.2, 0.25) is 0 Å². The van der Waals surface area contributed by atoms with Gasteiger partial charge in [-0.1, -0.05) is 36.4 Å². The Kier molecular flexibility index (Phi) is 5.03. The number of amides is 2. The number of carbonyl (C=O) groups is 2. The summed E-state index contributed by atoms with van der Waals surface area (Å²) < 4.78 is 0. The minimum absolute atomic E-state index is 0.579. The van der Waals surface area contributed by atoms with Crippen molar-refractivity contribution in [1.29, 1.82) is 0 Å². The van der Waals surface area contributed by atoms with Crippen LogP contribution in [0.3, 0.4) is 0 Å². The molecule has 2 amide bonds. The van der Waals surface area contributed by atoms with Crippen LogP contribution in [-0.2, 0) is 9.59 Å². The Morgan fingerprint density at radius 1 is 0.955 bits per heavy atom. The lowest BCUT2D eigenvalue weighted by Gasteiger charge is -2.06. The monoisotopic (exact) mass is 295 g/mol. The third kappa shape index (κ3) is 4.28. The Balaban J connectivity index is 1.90. The molecule has 112 valence electrons. The molecular formula is C17H17N3O2. The fourth-order valence-corrected chi connectivity index (χ4v) is 1.76. The van der Waals surface area contributed by atoms with Crippen molar-refractivity contribution in [1.82, 2.24) is 5.43 Å². The third-order valence-electron chi connectivity index (χ3n) is 3.15. The predicted octanol–water partition coefficient (Wildman–Crippen LogP) is 2.39. The molecule has 0 atom stereocenters. The van der Waals surface area contributed by atoms with Gasteiger partial charge in [0.05, 0.1) is 6.21 Å². The normalized spacial score (nSPS) is 10.5. The molecule has 0 aliphatic carbocycles. The first kappa shape index (κ1) is 15.4. The van der Waals surface area contributed by atoms with E-state index in [0.29, 0.717) is 5.69 Å². The van der Waals surface area contributed by atoms with E-state index >= 15 is 0 Å². The van der Waals surface area contributed by atoms with E-state index in [-0.39, 0.29) is 0 Å². The fraction of sp³-hybridized carbons (Fsp3) is 0.118. The second-order valence-corrected chi connectivity index (χ2v) is 4.86. The molecule has 0 radical (unpaired) electrons. The zero-order valence-corrected chi connectivity index (χ0v) is 12.5. The van der Waals surface area contributed by atoms with Crippen molar-refractivity contribution in [3.05, 3.63) is 65.2 Å².